The summed E-state index contributed by atoms with van der Waals surface area (Å²) in [6, 6.07) is 16.9. The SMILES string of the molecule is CC(=O)C(C#Cc1ccc(Cl)cc1)=Cc1ccccc1. The maximum atomic E-state index is 11.6. The predicted molar refractivity (Wildman–Crippen MR) is 83.4 cm³/mol. The molecule has 0 N–H and O–H groups in total. The van der Waals surface area contributed by atoms with Gasteiger partial charge in [-0.25, -0.2) is 0 Å². The molecule has 2 rings (SSSR count). The highest BCUT2D eigenvalue weighted by Crippen LogP contribution is 2.10. The maximum absolute atomic E-state index is 11.6. The molecule has 0 aliphatic heterocycles. The van der Waals surface area contributed by atoms with Gasteiger partial charge < -0.3 is 0 Å². The van der Waals surface area contributed by atoms with Crippen molar-refractivity contribution in [3.8, 4) is 11.8 Å². The van der Waals surface area contributed by atoms with Crippen LogP contribution in [0.2, 0.25) is 5.02 Å². The Morgan fingerprint density at radius 1 is 1.05 bits per heavy atom. The van der Waals surface area contributed by atoms with Crippen LogP contribution < -0.4 is 0 Å². The summed E-state index contributed by atoms with van der Waals surface area (Å²) in [5, 5.41) is 0.669. The van der Waals surface area contributed by atoms with Crippen LogP contribution in [0.4, 0.5) is 0 Å². The lowest BCUT2D eigenvalue weighted by atomic mass is 10.1. The number of hydrogen-bond acceptors (Lipinski definition) is 1. The third-order valence-electron chi connectivity index (χ3n) is 2.68. The van der Waals surface area contributed by atoms with Gasteiger partial charge in [0.1, 0.15) is 0 Å². The number of rotatable bonds is 2. The van der Waals surface area contributed by atoms with Crippen LogP contribution in [0.5, 0.6) is 0 Å². The molecule has 0 saturated heterocycles. The van der Waals surface area contributed by atoms with E-state index in [1.165, 1.54) is 6.92 Å². The minimum Gasteiger partial charge on any atom is -0.294 e. The van der Waals surface area contributed by atoms with Gasteiger partial charge in [0.05, 0.1) is 5.57 Å². The summed E-state index contributed by atoms with van der Waals surface area (Å²) in [7, 11) is 0. The third-order valence-corrected chi connectivity index (χ3v) is 2.93. The Morgan fingerprint density at radius 2 is 1.70 bits per heavy atom. The monoisotopic (exact) mass is 280 g/mol. The molecule has 0 heterocycles. The van der Waals surface area contributed by atoms with Gasteiger partial charge in [0.25, 0.3) is 0 Å². The average Bonchev–Trinajstić information content (AvgIpc) is 2.46. The molecule has 0 aromatic heterocycles. The van der Waals surface area contributed by atoms with Crippen LogP contribution in [-0.2, 0) is 4.79 Å². The van der Waals surface area contributed by atoms with Crippen molar-refractivity contribution in [3.05, 3.63) is 76.3 Å². The van der Waals surface area contributed by atoms with E-state index in [2.05, 4.69) is 11.8 Å². The molecule has 0 radical (unpaired) electrons. The second kappa shape index (κ2) is 6.75. The Kier molecular flexibility index (Phi) is 4.76. The van der Waals surface area contributed by atoms with E-state index in [-0.39, 0.29) is 5.78 Å². The summed E-state index contributed by atoms with van der Waals surface area (Å²) < 4.78 is 0. The van der Waals surface area contributed by atoms with Gasteiger partial charge in [-0.05, 0) is 42.8 Å². The topological polar surface area (TPSA) is 17.1 Å². The zero-order chi connectivity index (χ0) is 14.4. The number of ketones is 1. The number of carbonyl (C=O) groups excluding carboxylic acids is 1. The van der Waals surface area contributed by atoms with Gasteiger partial charge in [-0.15, -0.1) is 0 Å². The smallest absolute Gasteiger partial charge is 0.168 e. The molecular formula is C18H13ClO. The lowest BCUT2D eigenvalue weighted by molar-refractivity contribution is -0.113. The summed E-state index contributed by atoms with van der Waals surface area (Å²) in [5.74, 6) is 5.85. The van der Waals surface area contributed by atoms with E-state index >= 15 is 0 Å². The molecule has 98 valence electrons. The molecule has 0 aliphatic carbocycles. The number of carbonyl (C=O) groups is 1. The van der Waals surface area contributed by atoms with Crippen LogP contribution in [0.15, 0.2) is 60.2 Å². The molecule has 0 atom stereocenters. The van der Waals surface area contributed by atoms with Gasteiger partial charge in [-0.3, -0.25) is 4.79 Å². The quantitative estimate of drug-likeness (QED) is 0.590. The van der Waals surface area contributed by atoms with Crippen molar-refractivity contribution in [2.24, 2.45) is 0 Å². The lowest BCUT2D eigenvalue weighted by Gasteiger charge is -1.95. The highest BCUT2D eigenvalue weighted by molar-refractivity contribution is 6.30. The van der Waals surface area contributed by atoms with Gasteiger partial charge in [-0.1, -0.05) is 53.8 Å². The van der Waals surface area contributed by atoms with Gasteiger partial charge in [0.2, 0.25) is 0 Å². The van der Waals surface area contributed by atoms with E-state index in [1.54, 1.807) is 18.2 Å². The number of hydrogen-bond donors (Lipinski definition) is 0. The van der Waals surface area contributed by atoms with E-state index < -0.39 is 0 Å². The summed E-state index contributed by atoms with van der Waals surface area (Å²) in [4.78, 5) is 11.6. The first-order valence-electron chi connectivity index (χ1n) is 6.20. The fraction of sp³-hybridized carbons (Fsp3) is 0.0556. The molecule has 2 aromatic carbocycles. The van der Waals surface area contributed by atoms with E-state index in [1.807, 2.05) is 42.5 Å². The predicted octanol–water partition coefficient (Wildman–Crippen LogP) is 4.36. The van der Waals surface area contributed by atoms with Crippen molar-refractivity contribution >= 4 is 23.5 Å². The summed E-state index contributed by atoms with van der Waals surface area (Å²) >= 11 is 5.82. The molecule has 0 aliphatic rings. The Bertz CT molecular complexity index is 686. The fourth-order valence-corrected chi connectivity index (χ4v) is 1.74. The highest BCUT2D eigenvalue weighted by Gasteiger charge is 2.00. The summed E-state index contributed by atoms with van der Waals surface area (Å²) in [6.45, 7) is 1.52. The molecular weight excluding hydrogens is 268 g/mol. The summed E-state index contributed by atoms with van der Waals surface area (Å²) in [5.41, 5.74) is 2.28. The molecule has 0 amide bonds. The average molecular weight is 281 g/mol. The van der Waals surface area contributed by atoms with E-state index in [0.29, 0.717) is 10.6 Å². The molecule has 0 bridgehead atoms. The second-order valence-corrected chi connectivity index (χ2v) is 4.72. The highest BCUT2D eigenvalue weighted by atomic mass is 35.5. The molecule has 0 unspecified atom stereocenters. The third kappa shape index (κ3) is 4.12. The van der Waals surface area contributed by atoms with Gasteiger partial charge >= 0.3 is 0 Å². The standard InChI is InChI=1S/C18H13ClO/c1-14(20)17(13-16-5-3-2-4-6-16)10-7-15-8-11-18(19)12-9-15/h2-6,8-9,11-13H,1H3. The van der Waals surface area contributed by atoms with Crippen LogP contribution in [0.3, 0.4) is 0 Å². The van der Waals surface area contributed by atoms with Crippen LogP contribution >= 0.6 is 11.6 Å². The summed E-state index contributed by atoms with van der Waals surface area (Å²) in [6.07, 6.45) is 1.80. The van der Waals surface area contributed by atoms with Crippen LogP contribution in [0.25, 0.3) is 6.08 Å². The van der Waals surface area contributed by atoms with E-state index in [4.69, 9.17) is 11.6 Å². The Labute approximate surface area is 123 Å². The van der Waals surface area contributed by atoms with Gasteiger partial charge in [0.15, 0.2) is 5.78 Å². The van der Waals surface area contributed by atoms with Crippen molar-refractivity contribution in [1.29, 1.82) is 0 Å². The maximum Gasteiger partial charge on any atom is 0.168 e. The lowest BCUT2D eigenvalue weighted by Crippen LogP contribution is -1.93. The Morgan fingerprint density at radius 3 is 2.30 bits per heavy atom. The molecule has 0 saturated carbocycles. The number of Topliss-reactive ketones (excluding diaryl/α,β-unsaturated/α-hetero) is 1. The van der Waals surface area contributed by atoms with Crippen molar-refractivity contribution in [1.82, 2.24) is 0 Å². The molecule has 2 heteroatoms. The van der Waals surface area contributed by atoms with Crippen molar-refractivity contribution < 1.29 is 4.79 Å². The molecule has 2 aromatic rings. The second-order valence-electron chi connectivity index (χ2n) is 4.28. The first kappa shape index (κ1) is 14.1. The largest absolute Gasteiger partial charge is 0.294 e. The Hall–Kier alpha value is -2.30. The van der Waals surface area contributed by atoms with E-state index in [0.717, 1.165) is 11.1 Å². The molecule has 0 fully saturated rings. The molecule has 20 heavy (non-hydrogen) atoms. The number of halogens is 1. The minimum atomic E-state index is -0.0460. The van der Waals surface area contributed by atoms with Gasteiger partial charge in [0, 0.05) is 10.6 Å². The van der Waals surface area contributed by atoms with Crippen LogP contribution in [0.1, 0.15) is 18.1 Å². The number of benzene rings is 2. The zero-order valence-electron chi connectivity index (χ0n) is 11.1. The van der Waals surface area contributed by atoms with Crippen molar-refractivity contribution in [2.45, 2.75) is 6.92 Å². The van der Waals surface area contributed by atoms with Gasteiger partial charge in [-0.2, -0.15) is 0 Å². The zero-order valence-corrected chi connectivity index (χ0v) is 11.8. The van der Waals surface area contributed by atoms with E-state index in [9.17, 15) is 4.79 Å². The molecule has 1 nitrogen and oxygen atoms in total. The first-order valence-corrected chi connectivity index (χ1v) is 6.58. The fourth-order valence-electron chi connectivity index (χ4n) is 1.61. The Balaban J connectivity index is 2.30. The first-order chi connectivity index (χ1) is 9.65. The van der Waals surface area contributed by atoms with Crippen LogP contribution in [0, 0.1) is 11.8 Å². The minimum absolute atomic E-state index is 0.0460. The van der Waals surface area contributed by atoms with Crippen molar-refractivity contribution in [3.63, 3.8) is 0 Å². The normalized spacial score (nSPS) is 10.6. The van der Waals surface area contributed by atoms with Crippen molar-refractivity contribution in [2.75, 3.05) is 0 Å². The van der Waals surface area contributed by atoms with Crippen LogP contribution in [-0.4, -0.2) is 5.78 Å². The molecule has 0 spiro atoms. The number of allylic oxidation sites excluding steroid dienone is 1.